The molecule has 1 N–H and O–H groups in total. The van der Waals surface area contributed by atoms with Gasteiger partial charge >= 0.3 is 6.09 Å². The first-order valence-electron chi connectivity index (χ1n) is 9.80. The van der Waals surface area contributed by atoms with Crippen molar-refractivity contribution >= 4 is 28.5 Å². The lowest BCUT2D eigenvalue weighted by Crippen LogP contribution is -2.50. The Morgan fingerprint density at radius 2 is 1.68 bits per heavy atom. The summed E-state index contributed by atoms with van der Waals surface area (Å²) in [5.41, 5.74) is 0.367. The van der Waals surface area contributed by atoms with Crippen LogP contribution in [-0.2, 0) is 9.53 Å². The third-order valence-electron chi connectivity index (χ3n) is 4.74. The number of carbonyl (C=O) groups is 2. The van der Waals surface area contributed by atoms with E-state index >= 15 is 0 Å². The van der Waals surface area contributed by atoms with Crippen LogP contribution in [0.3, 0.4) is 0 Å². The molecule has 28 heavy (non-hydrogen) atoms. The molecular formula is C22H29N3O3. The number of piperazine rings is 1. The summed E-state index contributed by atoms with van der Waals surface area (Å²) in [5.74, 6) is 0.00549. The normalized spacial score (nSPS) is 15.5. The van der Waals surface area contributed by atoms with E-state index in [1.807, 2.05) is 63.2 Å². The van der Waals surface area contributed by atoms with Crippen LogP contribution in [0.25, 0.3) is 10.8 Å². The van der Waals surface area contributed by atoms with Gasteiger partial charge in [-0.05, 0) is 32.2 Å². The highest BCUT2D eigenvalue weighted by molar-refractivity contribution is 6.02. The second kappa shape index (κ2) is 8.61. The molecule has 2 amide bonds. The van der Waals surface area contributed by atoms with Gasteiger partial charge in [-0.2, -0.15) is 0 Å². The lowest BCUT2D eigenvalue weighted by atomic mass is 10.1. The maximum absolute atomic E-state index is 12.4. The Balaban J connectivity index is 1.45. The predicted molar refractivity (Wildman–Crippen MR) is 111 cm³/mol. The number of ether oxygens (including phenoxy) is 1. The number of nitrogens with one attached hydrogen (secondary N) is 1. The van der Waals surface area contributed by atoms with Crippen LogP contribution in [0.4, 0.5) is 10.5 Å². The molecule has 1 aliphatic heterocycles. The van der Waals surface area contributed by atoms with Crippen LogP contribution in [0, 0.1) is 0 Å². The molecule has 0 radical (unpaired) electrons. The van der Waals surface area contributed by atoms with E-state index in [0.717, 1.165) is 29.5 Å². The van der Waals surface area contributed by atoms with Crippen LogP contribution >= 0.6 is 0 Å². The van der Waals surface area contributed by atoms with Crippen molar-refractivity contribution in [1.82, 2.24) is 9.80 Å². The number of amides is 2. The van der Waals surface area contributed by atoms with Crippen LogP contribution in [0.1, 0.15) is 27.2 Å². The topological polar surface area (TPSA) is 61.9 Å². The third kappa shape index (κ3) is 5.45. The van der Waals surface area contributed by atoms with Gasteiger partial charge in [0.15, 0.2) is 0 Å². The molecule has 2 aromatic carbocycles. The lowest BCUT2D eigenvalue weighted by Gasteiger charge is -2.35. The highest BCUT2D eigenvalue weighted by atomic mass is 16.6. The fourth-order valence-electron chi connectivity index (χ4n) is 3.29. The first-order chi connectivity index (χ1) is 13.3. The fraction of sp³-hybridized carbons (Fsp3) is 0.455. The summed E-state index contributed by atoms with van der Waals surface area (Å²) in [6, 6.07) is 13.9. The molecule has 0 aliphatic carbocycles. The minimum Gasteiger partial charge on any atom is -0.444 e. The number of benzene rings is 2. The van der Waals surface area contributed by atoms with Crippen LogP contribution < -0.4 is 5.32 Å². The molecular weight excluding hydrogens is 354 g/mol. The number of fused-ring (bicyclic) bond motifs is 1. The molecule has 0 spiro atoms. The monoisotopic (exact) mass is 383 g/mol. The Labute approximate surface area is 166 Å². The summed E-state index contributed by atoms with van der Waals surface area (Å²) < 4.78 is 5.42. The van der Waals surface area contributed by atoms with Gasteiger partial charge in [-0.25, -0.2) is 4.79 Å². The quantitative estimate of drug-likeness (QED) is 0.874. The molecule has 0 atom stereocenters. The van der Waals surface area contributed by atoms with Crippen LogP contribution in [0.15, 0.2) is 42.5 Å². The predicted octanol–water partition coefficient (Wildman–Crippen LogP) is 3.72. The van der Waals surface area contributed by atoms with Crippen molar-refractivity contribution < 1.29 is 14.3 Å². The van der Waals surface area contributed by atoms with Gasteiger partial charge in [0, 0.05) is 50.2 Å². The SMILES string of the molecule is CC(C)(C)OC(=O)N1CCN(CCC(=O)Nc2cccc3ccccc23)CC1. The van der Waals surface area contributed by atoms with Gasteiger partial charge in [-0.3, -0.25) is 9.69 Å². The second-order valence-corrected chi connectivity index (χ2v) is 8.13. The summed E-state index contributed by atoms with van der Waals surface area (Å²) in [4.78, 5) is 28.5. The summed E-state index contributed by atoms with van der Waals surface area (Å²) >= 11 is 0. The molecule has 0 bridgehead atoms. The minimum atomic E-state index is -0.478. The van der Waals surface area contributed by atoms with E-state index < -0.39 is 5.60 Å². The maximum atomic E-state index is 12.4. The first kappa shape index (κ1) is 20.1. The van der Waals surface area contributed by atoms with Gasteiger partial charge in [-0.15, -0.1) is 0 Å². The summed E-state index contributed by atoms with van der Waals surface area (Å²) in [5, 5.41) is 5.18. The van der Waals surface area contributed by atoms with Crippen molar-refractivity contribution in [3.05, 3.63) is 42.5 Å². The van der Waals surface area contributed by atoms with Gasteiger partial charge in [-0.1, -0.05) is 36.4 Å². The number of nitrogens with zero attached hydrogens (tertiary/aromatic N) is 2. The number of hydrogen-bond acceptors (Lipinski definition) is 4. The lowest BCUT2D eigenvalue weighted by molar-refractivity contribution is -0.116. The Bertz CT molecular complexity index is 831. The van der Waals surface area contributed by atoms with Gasteiger partial charge in [0.05, 0.1) is 0 Å². The Morgan fingerprint density at radius 1 is 1.00 bits per heavy atom. The van der Waals surface area contributed by atoms with Crippen LogP contribution in [0.5, 0.6) is 0 Å². The standard InChI is InChI=1S/C22H29N3O3/c1-22(2,3)28-21(27)25-15-13-24(14-16-25)12-11-20(26)23-19-10-6-8-17-7-4-5-9-18(17)19/h4-10H,11-16H2,1-3H3,(H,23,26). The zero-order valence-corrected chi connectivity index (χ0v) is 16.9. The molecule has 0 saturated carbocycles. The van der Waals surface area contributed by atoms with Gasteiger partial charge in [0.1, 0.15) is 5.60 Å². The van der Waals surface area contributed by atoms with Crippen molar-refractivity contribution in [3.63, 3.8) is 0 Å². The molecule has 6 nitrogen and oxygen atoms in total. The molecule has 0 unspecified atom stereocenters. The smallest absolute Gasteiger partial charge is 0.410 e. The highest BCUT2D eigenvalue weighted by Crippen LogP contribution is 2.23. The molecule has 1 saturated heterocycles. The fourth-order valence-corrected chi connectivity index (χ4v) is 3.29. The van der Waals surface area contributed by atoms with Crippen molar-refractivity contribution in [1.29, 1.82) is 0 Å². The summed E-state index contributed by atoms with van der Waals surface area (Å²) in [6.07, 6.45) is 0.163. The molecule has 1 fully saturated rings. The largest absolute Gasteiger partial charge is 0.444 e. The van der Waals surface area contributed by atoms with E-state index in [9.17, 15) is 9.59 Å². The van der Waals surface area contributed by atoms with E-state index in [4.69, 9.17) is 4.74 Å². The Morgan fingerprint density at radius 3 is 2.39 bits per heavy atom. The van der Waals surface area contributed by atoms with Crippen LogP contribution in [-0.4, -0.2) is 60.1 Å². The van der Waals surface area contributed by atoms with E-state index in [-0.39, 0.29) is 12.0 Å². The van der Waals surface area contributed by atoms with E-state index in [2.05, 4.69) is 10.2 Å². The third-order valence-corrected chi connectivity index (χ3v) is 4.74. The molecule has 3 rings (SSSR count). The molecule has 1 heterocycles. The van der Waals surface area contributed by atoms with Gasteiger partial charge < -0.3 is 15.0 Å². The molecule has 150 valence electrons. The zero-order valence-electron chi connectivity index (χ0n) is 16.9. The van der Waals surface area contributed by atoms with Gasteiger partial charge in [0.25, 0.3) is 0 Å². The van der Waals surface area contributed by atoms with Crippen molar-refractivity contribution in [3.8, 4) is 0 Å². The first-order valence-corrected chi connectivity index (χ1v) is 9.80. The summed E-state index contributed by atoms with van der Waals surface area (Å²) in [7, 11) is 0. The molecule has 0 aromatic heterocycles. The van der Waals surface area contributed by atoms with E-state index in [1.165, 1.54) is 0 Å². The highest BCUT2D eigenvalue weighted by Gasteiger charge is 2.25. The van der Waals surface area contributed by atoms with Gasteiger partial charge in [0.2, 0.25) is 5.91 Å². The van der Waals surface area contributed by atoms with Crippen molar-refractivity contribution in [2.45, 2.75) is 32.8 Å². The average molecular weight is 383 g/mol. The van der Waals surface area contributed by atoms with E-state index in [0.29, 0.717) is 26.1 Å². The number of carbonyl (C=O) groups excluding carboxylic acids is 2. The Kier molecular flexibility index (Phi) is 6.19. The molecule has 1 aliphatic rings. The maximum Gasteiger partial charge on any atom is 0.410 e. The summed E-state index contributed by atoms with van der Waals surface area (Å²) in [6.45, 7) is 9.04. The van der Waals surface area contributed by atoms with Crippen molar-refractivity contribution in [2.75, 3.05) is 38.0 Å². The molecule has 6 heteroatoms. The van der Waals surface area contributed by atoms with Crippen molar-refractivity contribution in [2.24, 2.45) is 0 Å². The number of anilines is 1. The number of rotatable bonds is 4. The second-order valence-electron chi connectivity index (χ2n) is 8.13. The molecule has 2 aromatic rings. The average Bonchev–Trinajstić information content (AvgIpc) is 2.66. The minimum absolute atomic E-state index is 0.00549. The Hall–Kier alpha value is -2.60. The van der Waals surface area contributed by atoms with Crippen LogP contribution in [0.2, 0.25) is 0 Å². The van der Waals surface area contributed by atoms with E-state index in [1.54, 1.807) is 4.90 Å². The zero-order chi connectivity index (χ0) is 20.1. The number of hydrogen-bond donors (Lipinski definition) is 1.